The van der Waals surface area contributed by atoms with Gasteiger partial charge in [-0.25, -0.2) is 4.99 Å². The zero-order valence-electron chi connectivity index (χ0n) is 23.0. The molecule has 11 heteroatoms. The van der Waals surface area contributed by atoms with Crippen LogP contribution in [0.3, 0.4) is 0 Å². The second kappa shape index (κ2) is 13.4. The highest BCUT2D eigenvalue weighted by molar-refractivity contribution is 5.98. The number of aryl methyl sites for hydroxylation is 1. The van der Waals surface area contributed by atoms with Crippen molar-refractivity contribution in [2.45, 2.75) is 38.6 Å². The molecule has 1 atom stereocenters. The number of hydrogen-bond donors (Lipinski definition) is 3. The molecule has 1 aromatic heterocycles. The van der Waals surface area contributed by atoms with Gasteiger partial charge in [0.25, 0.3) is 0 Å². The van der Waals surface area contributed by atoms with Crippen LogP contribution in [0.5, 0.6) is 11.5 Å². The number of nitriles is 1. The summed E-state index contributed by atoms with van der Waals surface area (Å²) in [7, 11) is 3.16. The first-order chi connectivity index (χ1) is 19.4. The van der Waals surface area contributed by atoms with E-state index in [9.17, 15) is 14.9 Å². The Balaban J connectivity index is 1.36. The normalized spacial score (nSPS) is 15.8. The summed E-state index contributed by atoms with van der Waals surface area (Å²) in [6.07, 6.45) is 4.54. The number of nitrogens with zero attached hydrogens (tertiary/aromatic N) is 3. The summed E-state index contributed by atoms with van der Waals surface area (Å²) in [5, 5.41) is 18.7. The van der Waals surface area contributed by atoms with Crippen molar-refractivity contribution in [2.24, 2.45) is 4.99 Å². The number of ether oxygens (including phenoxy) is 2. The largest absolute Gasteiger partial charge is 0.493 e. The van der Waals surface area contributed by atoms with Crippen molar-refractivity contribution in [2.75, 3.05) is 39.2 Å². The molecule has 11 nitrogen and oxygen atoms in total. The van der Waals surface area contributed by atoms with Gasteiger partial charge in [0.1, 0.15) is 17.4 Å². The van der Waals surface area contributed by atoms with Crippen molar-refractivity contribution < 1.29 is 23.5 Å². The minimum atomic E-state index is -0.717. The summed E-state index contributed by atoms with van der Waals surface area (Å²) in [5.41, 5.74) is 2.44. The van der Waals surface area contributed by atoms with Crippen molar-refractivity contribution >= 4 is 34.4 Å². The molecule has 2 aromatic carbocycles. The number of carbonyl (C=O) groups is 2. The van der Waals surface area contributed by atoms with Crippen LogP contribution in [-0.4, -0.2) is 62.6 Å². The predicted molar refractivity (Wildman–Crippen MR) is 151 cm³/mol. The van der Waals surface area contributed by atoms with Gasteiger partial charge < -0.3 is 29.4 Å². The van der Waals surface area contributed by atoms with Crippen molar-refractivity contribution in [3.8, 4) is 17.7 Å². The van der Waals surface area contributed by atoms with Crippen molar-refractivity contribution in [3.05, 3.63) is 53.8 Å². The zero-order chi connectivity index (χ0) is 28.5. The molecule has 210 valence electrons. The molecule has 0 radical (unpaired) electrons. The lowest BCUT2D eigenvalue weighted by Gasteiger charge is -2.22. The van der Waals surface area contributed by atoms with Crippen LogP contribution in [0.4, 0.5) is 5.69 Å². The summed E-state index contributed by atoms with van der Waals surface area (Å²) in [5.74, 6) is 1.75. The number of carbonyl (C=O) groups excluding carboxylic acids is 2. The second-order valence-electron chi connectivity index (χ2n) is 9.51. The van der Waals surface area contributed by atoms with Gasteiger partial charge in [0, 0.05) is 24.2 Å². The monoisotopic (exact) mass is 546 g/mol. The van der Waals surface area contributed by atoms with E-state index in [2.05, 4.69) is 20.9 Å². The van der Waals surface area contributed by atoms with Crippen LogP contribution in [0.25, 0.3) is 11.0 Å². The summed E-state index contributed by atoms with van der Waals surface area (Å²) in [4.78, 5) is 32.1. The molecule has 2 heterocycles. The van der Waals surface area contributed by atoms with Crippen LogP contribution >= 0.6 is 0 Å². The summed E-state index contributed by atoms with van der Waals surface area (Å²) >= 11 is 0. The van der Waals surface area contributed by atoms with E-state index in [1.165, 1.54) is 4.90 Å². The van der Waals surface area contributed by atoms with Gasteiger partial charge in [-0.3, -0.25) is 14.9 Å². The molecular formula is C29H34N6O5. The van der Waals surface area contributed by atoms with E-state index < -0.39 is 6.04 Å². The van der Waals surface area contributed by atoms with Crippen molar-refractivity contribution in [3.63, 3.8) is 0 Å². The Morgan fingerprint density at radius 3 is 2.75 bits per heavy atom. The van der Waals surface area contributed by atoms with Gasteiger partial charge in [0.2, 0.25) is 17.8 Å². The van der Waals surface area contributed by atoms with E-state index in [0.29, 0.717) is 43.1 Å². The maximum Gasteiger partial charge on any atom is 0.247 e. The average molecular weight is 547 g/mol. The molecule has 4 rings (SSSR count). The number of likely N-dealkylation sites (tertiary alicyclic amines) is 1. The number of methoxy groups -OCH3 is 2. The highest BCUT2D eigenvalue weighted by Crippen LogP contribution is 2.27. The van der Waals surface area contributed by atoms with E-state index in [0.717, 1.165) is 35.1 Å². The molecule has 1 aliphatic heterocycles. The Bertz CT molecular complexity index is 1430. The lowest BCUT2D eigenvalue weighted by molar-refractivity contribution is -0.136. The van der Waals surface area contributed by atoms with Crippen molar-refractivity contribution in [1.29, 1.82) is 5.26 Å². The van der Waals surface area contributed by atoms with Crippen LogP contribution in [0, 0.1) is 18.4 Å². The van der Waals surface area contributed by atoms with Gasteiger partial charge in [-0.05, 0) is 74.6 Å². The van der Waals surface area contributed by atoms with Gasteiger partial charge in [-0.15, -0.1) is 0 Å². The fraction of sp³-hybridized carbons (Fsp3) is 0.379. The van der Waals surface area contributed by atoms with Gasteiger partial charge in [-0.1, -0.05) is 6.07 Å². The Morgan fingerprint density at radius 2 is 1.98 bits per heavy atom. The second-order valence-corrected chi connectivity index (χ2v) is 9.51. The van der Waals surface area contributed by atoms with Gasteiger partial charge >= 0.3 is 0 Å². The first-order valence-corrected chi connectivity index (χ1v) is 13.2. The SMILES string of the molecule is COc1ccc(CCNC(=O)CN2CCCCC(N=C(NC#N)Nc3ccc4oc(C)cc4c3)C2=O)cc1OC. The lowest BCUT2D eigenvalue weighted by Crippen LogP contribution is -2.44. The molecule has 3 aromatic rings. The number of furan rings is 1. The van der Waals surface area contributed by atoms with E-state index in [1.807, 2.05) is 55.6 Å². The number of rotatable bonds is 9. The summed E-state index contributed by atoms with van der Waals surface area (Å²) in [6.45, 7) is 2.71. The number of aliphatic imine (C=N–C) groups is 1. The van der Waals surface area contributed by atoms with Crippen molar-refractivity contribution in [1.82, 2.24) is 15.5 Å². The van der Waals surface area contributed by atoms with Crippen LogP contribution < -0.4 is 25.4 Å². The number of amides is 2. The Hall–Kier alpha value is -4.72. The Morgan fingerprint density at radius 1 is 1.15 bits per heavy atom. The maximum absolute atomic E-state index is 13.3. The minimum absolute atomic E-state index is 0.0538. The topological polar surface area (TPSA) is 141 Å². The third-order valence-corrected chi connectivity index (χ3v) is 6.63. The van der Waals surface area contributed by atoms with Gasteiger partial charge in [0.15, 0.2) is 17.7 Å². The first kappa shape index (κ1) is 28.3. The Kier molecular flexibility index (Phi) is 9.46. The smallest absolute Gasteiger partial charge is 0.247 e. The Labute approximate surface area is 233 Å². The summed E-state index contributed by atoms with van der Waals surface area (Å²) < 4.78 is 16.2. The minimum Gasteiger partial charge on any atom is -0.493 e. The number of nitrogens with one attached hydrogen (secondary N) is 3. The number of hydrogen-bond acceptors (Lipinski definition) is 7. The average Bonchev–Trinajstić information content (AvgIpc) is 3.24. The van der Waals surface area contributed by atoms with E-state index >= 15 is 0 Å². The molecule has 2 amide bonds. The van der Waals surface area contributed by atoms with E-state index in [-0.39, 0.29) is 24.3 Å². The van der Waals surface area contributed by atoms with Crippen LogP contribution in [0.1, 0.15) is 30.6 Å². The van der Waals surface area contributed by atoms with E-state index in [4.69, 9.17) is 13.9 Å². The van der Waals surface area contributed by atoms with E-state index in [1.54, 1.807) is 14.2 Å². The van der Waals surface area contributed by atoms with Crippen LogP contribution in [-0.2, 0) is 16.0 Å². The highest BCUT2D eigenvalue weighted by Gasteiger charge is 2.28. The third kappa shape index (κ3) is 7.22. The molecule has 1 aliphatic rings. The molecule has 40 heavy (non-hydrogen) atoms. The molecule has 1 unspecified atom stereocenters. The molecule has 1 saturated heterocycles. The number of fused-ring (bicyclic) bond motifs is 1. The van der Waals surface area contributed by atoms with Crippen LogP contribution in [0.15, 0.2) is 51.9 Å². The fourth-order valence-electron chi connectivity index (χ4n) is 4.67. The third-order valence-electron chi connectivity index (χ3n) is 6.63. The quantitative estimate of drug-likeness (QED) is 0.161. The number of guanidine groups is 1. The molecule has 0 aliphatic carbocycles. The number of anilines is 1. The fourth-order valence-corrected chi connectivity index (χ4v) is 4.67. The molecule has 3 N–H and O–H groups in total. The molecule has 0 spiro atoms. The predicted octanol–water partition coefficient (Wildman–Crippen LogP) is 3.34. The molecular weight excluding hydrogens is 512 g/mol. The standard InChI is InChI=1S/C29H34N6O5/c1-19-14-21-16-22(8-10-24(21)40-19)33-29(32-18-30)34-23-6-4-5-13-35(28(23)37)17-27(36)31-12-11-20-7-9-25(38-2)26(15-20)39-3/h7-10,14-16,23H,4-6,11-13,17H2,1-3H3,(H,31,36)(H2,32,33,34). The molecule has 0 saturated carbocycles. The summed E-state index contributed by atoms with van der Waals surface area (Å²) in [6, 6.07) is 12.3. The molecule has 0 bridgehead atoms. The zero-order valence-corrected chi connectivity index (χ0v) is 23.0. The van der Waals surface area contributed by atoms with Crippen LogP contribution in [0.2, 0.25) is 0 Å². The maximum atomic E-state index is 13.3. The number of benzene rings is 2. The van der Waals surface area contributed by atoms with Gasteiger partial charge in [-0.2, -0.15) is 5.26 Å². The first-order valence-electron chi connectivity index (χ1n) is 13.2. The highest BCUT2D eigenvalue weighted by atomic mass is 16.5. The van der Waals surface area contributed by atoms with Gasteiger partial charge in [0.05, 0.1) is 20.8 Å². The lowest BCUT2D eigenvalue weighted by atomic mass is 10.1. The molecule has 1 fully saturated rings.